The fraction of sp³-hybridized carbons (Fsp3) is 0.0833. The van der Waals surface area contributed by atoms with Crippen LogP contribution in [0.15, 0.2) is 99.0 Å². The van der Waals surface area contributed by atoms with E-state index in [-0.39, 0.29) is 10.1 Å². The van der Waals surface area contributed by atoms with E-state index in [9.17, 15) is 0 Å². The van der Waals surface area contributed by atoms with Gasteiger partial charge in [0.1, 0.15) is 0 Å². The van der Waals surface area contributed by atoms with Gasteiger partial charge in [0.2, 0.25) is 0 Å². The van der Waals surface area contributed by atoms with Crippen LogP contribution >= 0.6 is 46.4 Å². The van der Waals surface area contributed by atoms with Crippen molar-refractivity contribution in [2.75, 3.05) is 0 Å². The molecule has 6 rings (SSSR count). The number of halogens is 4. The molecule has 0 N–H and O–H groups in total. The molecular formula is C24H15AsCl4O2. The molecule has 1 saturated heterocycles. The second kappa shape index (κ2) is 6.89. The Kier molecular flexibility index (Phi) is 4.53. The van der Waals surface area contributed by atoms with Gasteiger partial charge in [0.25, 0.3) is 0 Å². The molecule has 0 amide bonds. The SMILES string of the molecule is ClC1=C(Cl)C2O[As]3(c4ccccc4)(OC2C(Cl)=C1Cl)c1ccccc1-c1ccccc13. The van der Waals surface area contributed by atoms with Crippen molar-refractivity contribution in [2.24, 2.45) is 0 Å². The Morgan fingerprint density at radius 2 is 0.968 bits per heavy atom. The van der Waals surface area contributed by atoms with Crippen molar-refractivity contribution in [1.29, 1.82) is 0 Å². The van der Waals surface area contributed by atoms with E-state index in [0.29, 0.717) is 10.1 Å². The van der Waals surface area contributed by atoms with E-state index in [4.69, 9.17) is 53.9 Å². The number of hydrogen-bond donors (Lipinski definition) is 0. The molecular weight excluding hydrogens is 537 g/mol. The summed E-state index contributed by atoms with van der Waals surface area (Å²) in [5.74, 6) is 0. The molecule has 0 bridgehead atoms. The second-order valence-electron chi connectivity index (χ2n) is 7.70. The maximum atomic E-state index is 7.15. The fourth-order valence-corrected chi connectivity index (χ4v) is 17.9. The zero-order valence-electron chi connectivity index (χ0n) is 15.9. The molecule has 7 heteroatoms. The van der Waals surface area contributed by atoms with E-state index in [0.717, 1.165) is 24.2 Å². The topological polar surface area (TPSA) is 18.5 Å². The molecule has 2 aliphatic heterocycles. The monoisotopic (exact) mass is 550 g/mol. The van der Waals surface area contributed by atoms with Crippen molar-refractivity contribution < 1.29 is 7.45 Å². The van der Waals surface area contributed by atoms with Gasteiger partial charge in [-0.2, -0.15) is 0 Å². The Balaban J connectivity index is 1.77. The molecule has 31 heavy (non-hydrogen) atoms. The third kappa shape index (κ3) is 2.40. The molecule has 2 heterocycles. The van der Waals surface area contributed by atoms with Gasteiger partial charge >= 0.3 is 202 Å². The van der Waals surface area contributed by atoms with Crippen molar-refractivity contribution in [3.63, 3.8) is 0 Å². The Labute approximate surface area is 201 Å². The van der Waals surface area contributed by atoms with Crippen molar-refractivity contribution in [1.82, 2.24) is 0 Å². The molecule has 1 spiro atoms. The first-order chi connectivity index (χ1) is 15.0. The summed E-state index contributed by atoms with van der Waals surface area (Å²) in [7, 11) is 0. The van der Waals surface area contributed by atoms with Gasteiger partial charge in [-0.25, -0.2) is 0 Å². The van der Waals surface area contributed by atoms with Crippen LogP contribution in [0, 0.1) is 0 Å². The van der Waals surface area contributed by atoms with E-state index in [2.05, 4.69) is 36.4 Å². The first-order valence-corrected chi connectivity index (χ1v) is 15.6. The van der Waals surface area contributed by atoms with Gasteiger partial charge in [-0.05, 0) is 0 Å². The summed E-state index contributed by atoms with van der Waals surface area (Å²) in [6.07, 6.45) is -1.29. The van der Waals surface area contributed by atoms with Crippen LogP contribution in [-0.4, -0.2) is 25.3 Å². The van der Waals surface area contributed by atoms with Crippen LogP contribution in [0.25, 0.3) is 11.1 Å². The third-order valence-corrected chi connectivity index (χ3v) is 18.6. The second-order valence-corrected chi connectivity index (χ2v) is 17.3. The summed E-state index contributed by atoms with van der Waals surface area (Å²) >= 11 is 21.6. The third-order valence-electron chi connectivity index (χ3n) is 6.21. The average Bonchev–Trinajstić information content (AvgIpc) is 3.32. The van der Waals surface area contributed by atoms with Crippen LogP contribution in [0.5, 0.6) is 0 Å². The Bertz CT molecular complexity index is 1240. The molecule has 1 fully saturated rings. The van der Waals surface area contributed by atoms with Crippen molar-refractivity contribution in [3.8, 4) is 11.1 Å². The van der Waals surface area contributed by atoms with E-state index in [1.54, 1.807) is 0 Å². The van der Waals surface area contributed by atoms with Crippen molar-refractivity contribution in [3.05, 3.63) is 99.0 Å². The number of fused-ring (bicyclic) bond motifs is 6. The predicted octanol–water partition coefficient (Wildman–Crippen LogP) is 5.26. The average molecular weight is 552 g/mol. The van der Waals surface area contributed by atoms with Crippen molar-refractivity contribution >= 4 is 72.6 Å². The minimum atomic E-state index is -4.66. The first-order valence-electron chi connectivity index (χ1n) is 9.74. The van der Waals surface area contributed by atoms with E-state index < -0.39 is 25.3 Å². The molecule has 2 nitrogen and oxygen atoms in total. The summed E-state index contributed by atoms with van der Waals surface area (Å²) in [5.41, 5.74) is 2.20. The van der Waals surface area contributed by atoms with E-state index >= 15 is 0 Å². The number of rotatable bonds is 1. The number of benzene rings is 3. The van der Waals surface area contributed by atoms with Crippen LogP contribution in [0.3, 0.4) is 0 Å². The van der Waals surface area contributed by atoms with Crippen molar-refractivity contribution in [2.45, 2.75) is 12.2 Å². The van der Waals surface area contributed by atoms with Crippen LogP contribution < -0.4 is 13.1 Å². The van der Waals surface area contributed by atoms with Gasteiger partial charge in [0.15, 0.2) is 0 Å². The Morgan fingerprint density at radius 1 is 0.548 bits per heavy atom. The van der Waals surface area contributed by atoms with Crippen LogP contribution in [0.2, 0.25) is 0 Å². The summed E-state index contributed by atoms with van der Waals surface area (Å²) in [4.78, 5) is 0. The molecule has 2 atom stereocenters. The normalized spacial score (nSPS) is 26.3. The van der Waals surface area contributed by atoms with E-state index in [1.165, 1.54) is 0 Å². The van der Waals surface area contributed by atoms with Gasteiger partial charge in [0.05, 0.1) is 0 Å². The molecule has 0 radical (unpaired) electrons. The predicted molar refractivity (Wildman–Crippen MR) is 130 cm³/mol. The van der Waals surface area contributed by atoms with Crippen LogP contribution in [0.4, 0.5) is 0 Å². The first kappa shape index (κ1) is 20.4. The Hall–Kier alpha value is -1.22. The summed E-state index contributed by atoms with van der Waals surface area (Å²) in [6.45, 7) is 0. The van der Waals surface area contributed by atoms with Gasteiger partial charge in [-0.3, -0.25) is 0 Å². The standard InChI is InChI=1S/C24H15AsCl4O2/c26-19-20(27)22(29)24-23(21(19)28)30-25(31-24,14-8-2-1-3-9-14)17-12-6-4-10-15(17)16-11-5-7-13-18(16)25/h1-13,23-24H. The number of allylic oxidation sites excluding steroid dienone is 2. The minimum absolute atomic E-state index is 0.207. The van der Waals surface area contributed by atoms with Crippen LogP contribution in [0.1, 0.15) is 0 Å². The van der Waals surface area contributed by atoms with Gasteiger partial charge in [-0.1, -0.05) is 0 Å². The molecule has 1 aliphatic carbocycles. The zero-order valence-corrected chi connectivity index (χ0v) is 20.8. The van der Waals surface area contributed by atoms with Gasteiger partial charge in [-0.15, -0.1) is 0 Å². The summed E-state index contributed by atoms with van der Waals surface area (Å²) < 4.78 is 17.4. The number of hydrogen-bond acceptors (Lipinski definition) is 2. The fourth-order valence-electron chi connectivity index (χ4n) is 4.95. The molecule has 3 aromatic rings. The maximum absolute atomic E-state index is 7.15. The van der Waals surface area contributed by atoms with Gasteiger partial charge < -0.3 is 0 Å². The van der Waals surface area contributed by atoms with E-state index in [1.807, 2.05) is 42.5 Å². The molecule has 3 aliphatic rings. The Morgan fingerprint density at radius 3 is 1.45 bits per heavy atom. The summed E-state index contributed by atoms with van der Waals surface area (Å²) in [6, 6.07) is 26.6. The molecule has 156 valence electrons. The van der Waals surface area contributed by atoms with Gasteiger partial charge in [0, 0.05) is 0 Å². The summed E-state index contributed by atoms with van der Waals surface area (Å²) in [5, 5.41) is 1.05. The molecule has 0 aromatic heterocycles. The van der Waals surface area contributed by atoms with Crippen LogP contribution in [-0.2, 0) is 7.45 Å². The molecule has 2 unspecified atom stereocenters. The quantitative estimate of drug-likeness (QED) is 0.384. The molecule has 0 saturated carbocycles. The zero-order chi connectivity index (χ0) is 21.4. The molecule has 3 aromatic carbocycles.